The van der Waals surface area contributed by atoms with Crippen molar-refractivity contribution in [2.75, 3.05) is 6.54 Å². The third-order valence-electron chi connectivity index (χ3n) is 5.12. The zero-order chi connectivity index (χ0) is 22.7. The number of pyridine rings is 1. The van der Waals surface area contributed by atoms with Crippen LogP contribution in [0.3, 0.4) is 0 Å². The first-order valence-corrected chi connectivity index (χ1v) is 11.0. The van der Waals surface area contributed by atoms with E-state index in [0.717, 1.165) is 28.7 Å². The Bertz CT molecular complexity index is 1370. The molecule has 0 unspecified atom stereocenters. The maximum Gasteiger partial charge on any atom is 0.332 e. The van der Waals surface area contributed by atoms with Crippen LogP contribution in [0.15, 0.2) is 43.9 Å². The van der Waals surface area contributed by atoms with Gasteiger partial charge in [0, 0.05) is 33.3 Å². The molecule has 4 heterocycles. The average molecular weight is 455 g/mol. The molecule has 4 aromatic heterocycles. The number of fused-ring (bicyclic) bond motifs is 1. The lowest BCUT2D eigenvalue weighted by Crippen LogP contribution is -2.37. The van der Waals surface area contributed by atoms with Crippen molar-refractivity contribution >= 4 is 28.3 Å². The number of unbranched alkanes of at least 4 members (excludes halogenated alkanes) is 2. The molecule has 0 aliphatic rings. The summed E-state index contributed by atoms with van der Waals surface area (Å²) in [6.45, 7) is 0.492. The number of rotatable bonds is 8. The van der Waals surface area contributed by atoms with Crippen LogP contribution in [0.5, 0.6) is 0 Å². The van der Waals surface area contributed by atoms with E-state index in [9.17, 15) is 14.4 Å². The Morgan fingerprint density at radius 3 is 2.81 bits per heavy atom. The smallest absolute Gasteiger partial charge is 0.332 e. The molecule has 32 heavy (non-hydrogen) atoms. The Kier molecular flexibility index (Phi) is 6.26. The number of hydrogen-bond acceptors (Lipinski definition) is 8. The molecule has 4 rings (SSSR count). The molecule has 0 aliphatic carbocycles. The normalized spacial score (nSPS) is 11.2. The lowest BCUT2D eigenvalue weighted by Gasteiger charge is -2.08. The molecule has 166 valence electrons. The summed E-state index contributed by atoms with van der Waals surface area (Å²) < 4.78 is 7.56. The van der Waals surface area contributed by atoms with E-state index in [-0.39, 0.29) is 22.5 Å². The largest absolute Gasteiger partial charge is 0.352 e. The predicted molar refractivity (Wildman–Crippen MR) is 120 cm³/mol. The molecule has 1 amide bonds. The predicted octanol–water partition coefficient (Wildman–Crippen LogP) is 1.89. The highest BCUT2D eigenvalue weighted by molar-refractivity contribution is 7.13. The van der Waals surface area contributed by atoms with Gasteiger partial charge in [-0.3, -0.25) is 18.7 Å². The third-order valence-corrected chi connectivity index (χ3v) is 5.98. The summed E-state index contributed by atoms with van der Waals surface area (Å²) in [5, 5.41) is 9.02. The minimum absolute atomic E-state index is 0.226. The van der Waals surface area contributed by atoms with Gasteiger partial charge in [-0.15, -0.1) is 11.3 Å². The summed E-state index contributed by atoms with van der Waals surface area (Å²) in [5.74, 6) is 0.907. The minimum Gasteiger partial charge on any atom is -0.352 e. The van der Waals surface area contributed by atoms with Gasteiger partial charge in [0.1, 0.15) is 5.65 Å². The third kappa shape index (κ3) is 4.37. The zero-order valence-corrected chi connectivity index (χ0v) is 18.5. The highest BCUT2D eigenvalue weighted by atomic mass is 32.1. The Morgan fingerprint density at radius 1 is 1.19 bits per heavy atom. The Labute approximate surface area is 186 Å². The number of carbonyl (C=O) groups excluding carboxylic acids is 1. The zero-order valence-electron chi connectivity index (χ0n) is 17.7. The summed E-state index contributed by atoms with van der Waals surface area (Å²) in [5.41, 5.74) is -0.415. The van der Waals surface area contributed by atoms with Gasteiger partial charge in [-0.05, 0) is 30.4 Å². The number of amides is 1. The molecule has 0 fully saturated rings. The van der Waals surface area contributed by atoms with E-state index < -0.39 is 11.2 Å². The second kappa shape index (κ2) is 9.27. The summed E-state index contributed by atoms with van der Waals surface area (Å²) in [4.78, 5) is 46.3. The van der Waals surface area contributed by atoms with E-state index in [2.05, 4.69) is 20.4 Å². The maximum absolute atomic E-state index is 12.4. The van der Waals surface area contributed by atoms with E-state index in [4.69, 9.17) is 4.52 Å². The molecule has 11 heteroatoms. The Hall–Kier alpha value is -3.60. The Balaban J connectivity index is 1.27. The second-order valence-corrected chi connectivity index (χ2v) is 8.30. The molecular weight excluding hydrogens is 432 g/mol. The van der Waals surface area contributed by atoms with E-state index >= 15 is 0 Å². The molecule has 0 atom stereocenters. The first-order chi connectivity index (χ1) is 15.5. The van der Waals surface area contributed by atoms with Gasteiger partial charge in [0.25, 0.3) is 11.5 Å². The van der Waals surface area contributed by atoms with Gasteiger partial charge in [-0.25, -0.2) is 9.78 Å². The van der Waals surface area contributed by atoms with Crippen molar-refractivity contribution in [1.29, 1.82) is 0 Å². The highest BCUT2D eigenvalue weighted by Crippen LogP contribution is 2.21. The Morgan fingerprint density at radius 2 is 2.03 bits per heavy atom. The van der Waals surface area contributed by atoms with Crippen molar-refractivity contribution in [3.05, 3.63) is 62.1 Å². The van der Waals surface area contributed by atoms with Crippen molar-refractivity contribution < 1.29 is 9.32 Å². The number of carbonyl (C=O) groups is 1. The van der Waals surface area contributed by atoms with Crippen LogP contribution >= 0.6 is 11.3 Å². The molecule has 4 aromatic rings. The lowest BCUT2D eigenvalue weighted by molar-refractivity contribution is 0.0952. The molecule has 10 nitrogen and oxygen atoms in total. The van der Waals surface area contributed by atoms with Gasteiger partial charge in [0.05, 0.1) is 15.8 Å². The highest BCUT2D eigenvalue weighted by Gasteiger charge is 2.13. The number of aryl methyl sites for hydroxylation is 2. The van der Waals surface area contributed by atoms with Crippen LogP contribution in [0, 0.1) is 0 Å². The standard InChI is InChI=1S/C21H22N6O4S/c1-26-18-14(20(29)27(2)21(26)30)11-13(12-23-18)19(28)22-9-5-3-4-8-16-24-17(25-31-16)15-7-6-10-32-15/h6-7,10-12H,3-5,8-9H2,1-2H3,(H,22,28). The van der Waals surface area contributed by atoms with Crippen molar-refractivity contribution in [3.63, 3.8) is 0 Å². The first kappa shape index (κ1) is 21.6. The number of thiophene rings is 1. The number of aromatic nitrogens is 5. The lowest BCUT2D eigenvalue weighted by atomic mass is 10.2. The van der Waals surface area contributed by atoms with E-state index in [0.29, 0.717) is 24.7 Å². The molecule has 0 saturated carbocycles. The van der Waals surface area contributed by atoms with Crippen molar-refractivity contribution in [3.8, 4) is 10.7 Å². The van der Waals surface area contributed by atoms with E-state index in [1.54, 1.807) is 11.3 Å². The molecule has 0 aromatic carbocycles. The van der Waals surface area contributed by atoms with Gasteiger partial charge in [0.2, 0.25) is 11.7 Å². The summed E-state index contributed by atoms with van der Waals surface area (Å²) >= 11 is 1.57. The van der Waals surface area contributed by atoms with Crippen LogP contribution in [0.2, 0.25) is 0 Å². The topological polar surface area (TPSA) is 125 Å². The molecular formula is C21H22N6O4S. The number of nitrogens with one attached hydrogen (secondary N) is 1. The van der Waals surface area contributed by atoms with Crippen LogP contribution in [-0.4, -0.2) is 36.7 Å². The fraction of sp³-hybridized carbons (Fsp3) is 0.333. The van der Waals surface area contributed by atoms with Gasteiger partial charge >= 0.3 is 5.69 Å². The summed E-state index contributed by atoms with van der Waals surface area (Å²) in [6.07, 6.45) is 4.59. The fourth-order valence-electron chi connectivity index (χ4n) is 3.33. The molecule has 0 saturated heterocycles. The molecule has 1 N–H and O–H groups in total. The van der Waals surface area contributed by atoms with E-state index in [1.807, 2.05) is 17.5 Å². The molecule has 0 spiro atoms. The first-order valence-electron chi connectivity index (χ1n) is 10.2. The quantitative estimate of drug-likeness (QED) is 0.403. The average Bonchev–Trinajstić information content (AvgIpc) is 3.50. The van der Waals surface area contributed by atoms with Gasteiger partial charge < -0.3 is 9.84 Å². The maximum atomic E-state index is 12.4. The van der Waals surface area contributed by atoms with Crippen molar-refractivity contribution in [1.82, 2.24) is 29.6 Å². The SMILES string of the molecule is Cn1c(=O)c2cc(C(=O)NCCCCCc3nc(-c4cccs4)no3)cnc2n(C)c1=O. The molecule has 0 bridgehead atoms. The second-order valence-electron chi connectivity index (χ2n) is 7.36. The van der Waals surface area contributed by atoms with Crippen molar-refractivity contribution in [2.45, 2.75) is 25.7 Å². The monoisotopic (exact) mass is 454 g/mol. The fourth-order valence-corrected chi connectivity index (χ4v) is 3.98. The van der Waals surface area contributed by atoms with Crippen LogP contribution < -0.4 is 16.6 Å². The number of hydrogen-bond donors (Lipinski definition) is 1. The summed E-state index contributed by atoms with van der Waals surface area (Å²) in [6, 6.07) is 5.37. The minimum atomic E-state index is -0.478. The molecule has 0 radical (unpaired) electrons. The van der Waals surface area contributed by atoms with Gasteiger partial charge in [-0.1, -0.05) is 17.6 Å². The van der Waals surface area contributed by atoms with Gasteiger partial charge in [0.15, 0.2) is 0 Å². The summed E-state index contributed by atoms with van der Waals surface area (Å²) in [7, 11) is 2.93. The van der Waals surface area contributed by atoms with Crippen molar-refractivity contribution in [2.24, 2.45) is 14.1 Å². The molecule has 0 aliphatic heterocycles. The van der Waals surface area contributed by atoms with Gasteiger partial charge in [-0.2, -0.15) is 4.98 Å². The van der Waals surface area contributed by atoms with Crippen LogP contribution in [0.1, 0.15) is 35.5 Å². The van der Waals surface area contributed by atoms with E-state index in [1.165, 1.54) is 30.9 Å². The van der Waals surface area contributed by atoms with Crippen LogP contribution in [0.4, 0.5) is 0 Å². The van der Waals surface area contributed by atoms with Crippen LogP contribution in [-0.2, 0) is 20.5 Å². The van der Waals surface area contributed by atoms with Crippen LogP contribution in [0.25, 0.3) is 21.7 Å². The number of nitrogens with zero attached hydrogens (tertiary/aromatic N) is 5.